The number of nitrogens with one attached hydrogen (secondary N) is 1. The molecule has 1 fully saturated rings. The Morgan fingerprint density at radius 3 is 2.82 bits per heavy atom. The first-order valence-corrected chi connectivity index (χ1v) is 5.99. The Labute approximate surface area is 99.7 Å². The van der Waals surface area contributed by atoms with Crippen LogP contribution in [0.15, 0.2) is 24.3 Å². The van der Waals surface area contributed by atoms with Crippen molar-refractivity contribution in [2.45, 2.75) is 37.6 Å². The van der Waals surface area contributed by atoms with Crippen LogP contribution in [0.3, 0.4) is 0 Å². The molecule has 1 atom stereocenters. The fourth-order valence-corrected chi connectivity index (χ4v) is 2.26. The largest absolute Gasteiger partial charge is 0.508 e. The highest BCUT2D eigenvalue weighted by atomic mass is 19.3. The molecule has 0 aromatic heterocycles. The van der Waals surface area contributed by atoms with Gasteiger partial charge in [-0.05, 0) is 31.5 Å². The highest BCUT2D eigenvalue weighted by Crippen LogP contribution is 2.35. The molecule has 0 amide bonds. The lowest BCUT2D eigenvalue weighted by molar-refractivity contribution is -0.0254. The number of rotatable bonds is 3. The predicted octanol–water partition coefficient (Wildman–Crippen LogP) is 3.02. The quantitative estimate of drug-likeness (QED) is 0.852. The van der Waals surface area contributed by atoms with Crippen LogP contribution in [0.1, 0.15) is 31.2 Å². The van der Waals surface area contributed by atoms with E-state index in [-0.39, 0.29) is 23.8 Å². The fraction of sp³-hybridized carbons (Fsp3) is 0.538. The van der Waals surface area contributed by atoms with Crippen molar-refractivity contribution < 1.29 is 13.9 Å². The minimum Gasteiger partial charge on any atom is -0.508 e. The molecule has 2 rings (SSSR count). The van der Waals surface area contributed by atoms with Gasteiger partial charge >= 0.3 is 0 Å². The van der Waals surface area contributed by atoms with E-state index in [2.05, 4.69) is 5.32 Å². The number of hydrogen-bond acceptors (Lipinski definition) is 2. The second-order valence-corrected chi connectivity index (χ2v) is 4.61. The third-order valence-electron chi connectivity index (χ3n) is 3.18. The van der Waals surface area contributed by atoms with E-state index in [9.17, 15) is 13.9 Å². The molecule has 1 aliphatic rings. The molecule has 4 heteroatoms. The average Bonchev–Trinajstić information content (AvgIpc) is 2.30. The first kappa shape index (κ1) is 12.3. The van der Waals surface area contributed by atoms with Gasteiger partial charge in [-0.25, -0.2) is 8.78 Å². The number of hydrogen-bond donors (Lipinski definition) is 2. The Morgan fingerprint density at radius 1 is 1.35 bits per heavy atom. The van der Waals surface area contributed by atoms with E-state index in [1.807, 2.05) is 0 Å². The number of aromatic hydroxyl groups is 1. The van der Waals surface area contributed by atoms with Gasteiger partial charge in [0.2, 0.25) is 0 Å². The molecule has 0 radical (unpaired) electrons. The monoisotopic (exact) mass is 241 g/mol. The van der Waals surface area contributed by atoms with Gasteiger partial charge in [0.15, 0.2) is 0 Å². The number of alkyl halides is 2. The van der Waals surface area contributed by atoms with Crippen molar-refractivity contribution in [3.63, 3.8) is 0 Å². The second-order valence-electron chi connectivity index (χ2n) is 4.61. The molecule has 17 heavy (non-hydrogen) atoms. The summed E-state index contributed by atoms with van der Waals surface area (Å²) in [7, 11) is 0. The first-order valence-electron chi connectivity index (χ1n) is 5.99. The van der Waals surface area contributed by atoms with E-state index in [4.69, 9.17) is 0 Å². The second kappa shape index (κ2) is 5.00. The Balaban J connectivity index is 2.06. The number of benzene rings is 1. The van der Waals surface area contributed by atoms with E-state index in [0.717, 1.165) is 31.9 Å². The highest BCUT2D eigenvalue weighted by molar-refractivity contribution is 5.30. The summed E-state index contributed by atoms with van der Waals surface area (Å²) in [5, 5.41) is 12.4. The Morgan fingerprint density at radius 2 is 2.18 bits per heavy atom. The van der Waals surface area contributed by atoms with Crippen molar-refractivity contribution >= 4 is 0 Å². The molecule has 0 saturated carbocycles. The molecule has 1 aromatic carbocycles. The number of piperidine rings is 1. The maximum Gasteiger partial charge on any atom is 0.274 e. The number of phenols is 1. The Bertz CT molecular complexity index is 375. The maximum absolute atomic E-state index is 14.0. The molecule has 0 aliphatic carbocycles. The number of phenolic OH excluding ortho intramolecular Hbond substituents is 1. The summed E-state index contributed by atoms with van der Waals surface area (Å²) < 4.78 is 27.9. The summed E-state index contributed by atoms with van der Waals surface area (Å²) in [4.78, 5) is 0. The number of halogens is 2. The van der Waals surface area contributed by atoms with E-state index in [1.165, 1.54) is 18.2 Å². The lowest BCUT2D eigenvalue weighted by Gasteiger charge is -2.27. The zero-order valence-electron chi connectivity index (χ0n) is 9.63. The van der Waals surface area contributed by atoms with Gasteiger partial charge in [0, 0.05) is 18.0 Å². The van der Waals surface area contributed by atoms with Gasteiger partial charge in [-0.1, -0.05) is 18.6 Å². The van der Waals surface area contributed by atoms with Crippen molar-refractivity contribution in [1.82, 2.24) is 5.32 Å². The lowest BCUT2D eigenvalue weighted by Crippen LogP contribution is -2.37. The molecule has 1 aliphatic heterocycles. The van der Waals surface area contributed by atoms with Crippen molar-refractivity contribution in [1.29, 1.82) is 0 Å². The van der Waals surface area contributed by atoms with Gasteiger partial charge in [-0.3, -0.25) is 0 Å². The molecule has 1 unspecified atom stereocenters. The van der Waals surface area contributed by atoms with Crippen LogP contribution in [0.5, 0.6) is 5.75 Å². The third kappa shape index (κ3) is 3.16. The molecule has 2 N–H and O–H groups in total. The standard InChI is InChI=1S/C13H17F2NO/c14-13(15,9-11-5-1-2-7-16-11)10-4-3-6-12(17)8-10/h3-4,6,8,11,16-17H,1-2,5,7,9H2. The van der Waals surface area contributed by atoms with Crippen LogP contribution in [0.4, 0.5) is 8.78 Å². The summed E-state index contributed by atoms with van der Waals surface area (Å²) in [6.45, 7) is 0.820. The summed E-state index contributed by atoms with van der Waals surface area (Å²) in [5.41, 5.74) is -0.107. The fourth-order valence-electron chi connectivity index (χ4n) is 2.26. The van der Waals surface area contributed by atoms with Crippen LogP contribution in [0, 0.1) is 0 Å². The van der Waals surface area contributed by atoms with Crippen LogP contribution in [-0.4, -0.2) is 17.7 Å². The zero-order valence-corrected chi connectivity index (χ0v) is 9.63. The van der Waals surface area contributed by atoms with Crippen molar-refractivity contribution in [2.75, 3.05) is 6.54 Å². The van der Waals surface area contributed by atoms with E-state index in [0.29, 0.717) is 0 Å². The molecular formula is C13H17F2NO. The molecule has 94 valence electrons. The maximum atomic E-state index is 14.0. The summed E-state index contributed by atoms with van der Waals surface area (Å²) in [6, 6.07) is 5.23. The molecule has 0 spiro atoms. The topological polar surface area (TPSA) is 32.3 Å². The SMILES string of the molecule is Oc1cccc(C(F)(F)CC2CCCCN2)c1. The normalized spacial score (nSPS) is 21.4. The van der Waals surface area contributed by atoms with Crippen LogP contribution in [0.2, 0.25) is 0 Å². The Kier molecular flexibility index (Phi) is 3.62. The van der Waals surface area contributed by atoms with Crippen LogP contribution >= 0.6 is 0 Å². The lowest BCUT2D eigenvalue weighted by atomic mass is 9.95. The molecule has 0 bridgehead atoms. The Hall–Kier alpha value is -1.16. The molecule has 2 nitrogen and oxygen atoms in total. The minimum atomic E-state index is -2.88. The first-order chi connectivity index (χ1) is 8.08. The molecular weight excluding hydrogens is 224 g/mol. The zero-order chi connectivity index (χ0) is 12.3. The van der Waals surface area contributed by atoms with E-state index >= 15 is 0 Å². The van der Waals surface area contributed by atoms with Crippen molar-refractivity contribution in [3.05, 3.63) is 29.8 Å². The smallest absolute Gasteiger partial charge is 0.274 e. The molecule has 1 aromatic rings. The van der Waals surface area contributed by atoms with Gasteiger partial charge in [0.25, 0.3) is 5.92 Å². The van der Waals surface area contributed by atoms with Crippen molar-refractivity contribution in [2.24, 2.45) is 0 Å². The van der Waals surface area contributed by atoms with Crippen molar-refractivity contribution in [3.8, 4) is 5.75 Å². The van der Waals surface area contributed by atoms with Gasteiger partial charge in [-0.2, -0.15) is 0 Å². The molecule has 1 saturated heterocycles. The van der Waals surface area contributed by atoms with E-state index in [1.54, 1.807) is 0 Å². The summed E-state index contributed by atoms with van der Waals surface area (Å²) in [6.07, 6.45) is 2.67. The van der Waals surface area contributed by atoms with Gasteiger partial charge in [0.1, 0.15) is 5.75 Å². The van der Waals surface area contributed by atoms with E-state index < -0.39 is 5.92 Å². The highest BCUT2D eigenvalue weighted by Gasteiger charge is 2.35. The van der Waals surface area contributed by atoms with Gasteiger partial charge in [0.05, 0.1) is 0 Å². The minimum absolute atomic E-state index is 0.107. The molecule has 1 heterocycles. The average molecular weight is 241 g/mol. The third-order valence-corrected chi connectivity index (χ3v) is 3.18. The van der Waals surface area contributed by atoms with Gasteiger partial charge < -0.3 is 10.4 Å². The predicted molar refractivity (Wildman–Crippen MR) is 62.3 cm³/mol. The van der Waals surface area contributed by atoms with Crippen LogP contribution < -0.4 is 5.32 Å². The van der Waals surface area contributed by atoms with Gasteiger partial charge in [-0.15, -0.1) is 0 Å². The van der Waals surface area contributed by atoms with Crippen LogP contribution in [0.25, 0.3) is 0 Å². The summed E-state index contributed by atoms with van der Waals surface area (Å²) >= 11 is 0. The van der Waals surface area contributed by atoms with Crippen LogP contribution in [-0.2, 0) is 5.92 Å². The summed E-state index contributed by atoms with van der Waals surface area (Å²) in [5.74, 6) is -2.99.